The van der Waals surface area contributed by atoms with E-state index in [1.807, 2.05) is 13.8 Å². The first kappa shape index (κ1) is 29.6. The van der Waals surface area contributed by atoms with Crippen LogP contribution in [-0.4, -0.2) is 38.4 Å². The summed E-state index contributed by atoms with van der Waals surface area (Å²) in [6.07, 6.45) is 0. The molecule has 0 aromatic heterocycles. The molecule has 214 valence electrons. The van der Waals surface area contributed by atoms with Crippen molar-refractivity contribution in [1.82, 2.24) is 0 Å². The van der Waals surface area contributed by atoms with Crippen LogP contribution < -0.4 is 28.4 Å². The molecule has 0 spiro atoms. The monoisotopic (exact) mass is 578 g/mol. The Balaban J connectivity index is 1.82. The number of carbonyl (C=O) groups excluding carboxylic acids is 2. The molecule has 8 nitrogen and oxygen atoms in total. The molecular formula is C32H31ClO8. The zero-order chi connectivity index (χ0) is 29.4. The molecule has 4 rings (SSSR count). The summed E-state index contributed by atoms with van der Waals surface area (Å²) in [5.74, 6) is 0.457. The smallest absolute Gasteiger partial charge is 0.343 e. The van der Waals surface area contributed by atoms with Crippen molar-refractivity contribution in [1.29, 1.82) is 0 Å². The average Bonchev–Trinajstić information content (AvgIpc) is 2.97. The Morgan fingerprint density at radius 3 is 1.37 bits per heavy atom. The molecule has 0 atom stereocenters. The van der Waals surface area contributed by atoms with Crippen LogP contribution in [0.5, 0.6) is 34.5 Å². The maximum absolute atomic E-state index is 13.3. The van der Waals surface area contributed by atoms with E-state index in [0.29, 0.717) is 51.6 Å². The Labute approximate surface area is 243 Å². The van der Waals surface area contributed by atoms with Crippen LogP contribution in [-0.2, 0) is 0 Å². The minimum atomic E-state index is -0.628. The third-order valence-corrected chi connectivity index (χ3v) is 6.09. The van der Waals surface area contributed by atoms with Gasteiger partial charge in [-0.1, -0.05) is 11.6 Å². The Hall–Kier alpha value is -4.43. The highest BCUT2D eigenvalue weighted by atomic mass is 35.5. The summed E-state index contributed by atoms with van der Waals surface area (Å²) in [4.78, 5) is 26.5. The summed E-state index contributed by atoms with van der Waals surface area (Å²) in [5, 5.41) is 1.22. The molecule has 0 fully saturated rings. The third-order valence-electron chi connectivity index (χ3n) is 5.86. The third kappa shape index (κ3) is 6.84. The van der Waals surface area contributed by atoms with Gasteiger partial charge in [0.05, 0.1) is 37.6 Å². The number of fused-ring (bicyclic) bond motifs is 1. The maximum atomic E-state index is 13.3. The van der Waals surface area contributed by atoms with E-state index in [0.717, 1.165) is 0 Å². The van der Waals surface area contributed by atoms with Crippen LogP contribution in [0, 0.1) is 0 Å². The number of hydrogen-bond acceptors (Lipinski definition) is 8. The molecule has 9 heteroatoms. The van der Waals surface area contributed by atoms with Crippen molar-refractivity contribution in [3.63, 3.8) is 0 Å². The highest BCUT2D eigenvalue weighted by molar-refractivity contribution is 6.31. The van der Waals surface area contributed by atoms with Crippen LogP contribution in [0.3, 0.4) is 0 Å². The van der Waals surface area contributed by atoms with Gasteiger partial charge in [0.2, 0.25) is 11.5 Å². The Morgan fingerprint density at radius 1 is 0.537 bits per heavy atom. The summed E-state index contributed by atoms with van der Waals surface area (Å²) >= 11 is 6.37. The number of esters is 2. The predicted octanol–water partition coefficient (Wildman–Crippen LogP) is 7.53. The quantitative estimate of drug-likeness (QED) is 0.126. The molecule has 0 N–H and O–H groups in total. The van der Waals surface area contributed by atoms with Crippen LogP contribution >= 0.6 is 11.6 Å². The van der Waals surface area contributed by atoms with Gasteiger partial charge in [-0.05, 0) is 94.4 Å². The highest BCUT2D eigenvalue weighted by Crippen LogP contribution is 2.52. The van der Waals surface area contributed by atoms with Crippen molar-refractivity contribution in [2.45, 2.75) is 27.7 Å². The van der Waals surface area contributed by atoms with Crippen molar-refractivity contribution < 1.29 is 38.0 Å². The van der Waals surface area contributed by atoms with Gasteiger partial charge in [-0.25, -0.2) is 9.59 Å². The number of halogens is 1. The topological polar surface area (TPSA) is 89.5 Å². The van der Waals surface area contributed by atoms with Crippen LogP contribution in [0.1, 0.15) is 48.4 Å². The van der Waals surface area contributed by atoms with Gasteiger partial charge in [0.25, 0.3) is 0 Å². The van der Waals surface area contributed by atoms with Gasteiger partial charge < -0.3 is 28.4 Å². The molecule has 0 saturated carbocycles. The van der Waals surface area contributed by atoms with Gasteiger partial charge in [0.15, 0.2) is 11.5 Å². The van der Waals surface area contributed by atoms with Gasteiger partial charge >= 0.3 is 11.9 Å². The fraction of sp³-hybridized carbons (Fsp3) is 0.250. The van der Waals surface area contributed by atoms with E-state index in [9.17, 15) is 9.59 Å². The molecule has 0 heterocycles. The lowest BCUT2D eigenvalue weighted by Crippen LogP contribution is -2.14. The van der Waals surface area contributed by atoms with Crippen molar-refractivity contribution in [3.8, 4) is 34.5 Å². The second-order valence-corrected chi connectivity index (χ2v) is 9.00. The molecule has 4 aromatic carbocycles. The molecule has 0 aliphatic rings. The lowest BCUT2D eigenvalue weighted by atomic mass is 10.1. The minimum Gasteiger partial charge on any atom is -0.494 e. The molecule has 0 aliphatic carbocycles. The van der Waals surface area contributed by atoms with E-state index in [1.165, 1.54) is 0 Å². The fourth-order valence-electron chi connectivity index (χ4n) is 4.12. The van der Waals surface area contributed by atoms with Gasteiger partial charge in [-0.2, -0.15) is 0 Å². The van der Waals surface area contributed by atoms with Gasteiger partial charge in [0.1, 0.15) is 11.5 Å². The van der Waals surface area contributed by atoms with Crippen LogP contribution in [0.2, 0.25) is 5.02 Å². The largest absolute Gasteiger partial charge is 0.494 e. The Morgan fingerprint density at radius 2 is 0.951 bits per heavy atom. The molecule has 0 saturated heterocycles. The number of rotatable bonds is 12. The average molecular weight is 579 g/mol. The van der Waals surface area contributed by atoms with Crippen molar-refractivity contribution >= 4 is 34.3 Å². The molecule has 4 aromatic rings. The summed E-state index contributed by atoms with van der Waals surface area (Å²) < 4.78 is 34.7. The zero-order valence-electron chi connectivity index (χ0n) is 23.3. The van der Waals surface area contributed by atoms with E-state index in [4.69, 9.17) is 40.0 Å². The first-order valence-corrected chi connectivity index (χ1v) is 13.7. The van der Waals surface area contributed by atoms with Gasteiger partial charge in [0, 0.05) is 15.8 Å². The van der Waals surface area contributed by atoms with E-state index in [1.54, 1.807) is 80.6 Å². The SMILES string of the molecule is CCOc1ccc(C(=O)Oc2c(OCC)c(OCC)c(OC(=O)c3ccc(OCC)cc3)c3cc(Cl)ccc23)cc1. The molecule has 0 radical (unpaired) electrons. The van der Waals surface area contributed by atoms with Gasteiger partial charge in [-0.15, -0.1) is 0 Å². The minimum absolute atomic E-state index is 0.0903. The Bertz CT molecular complexity index is 1510. The van der Waals surface area contributed by atoms with Crippen molar-refractivity contribution in [3.05, 3.63) is 82.9 Å². The van der Waals surface area contributed by atoms with Crippen molar-refractivity contribution in [2.75, 3.05) is 26.4 Å². The lowest BCUT2D eigenvalue weighted by Gasteiger charge is -2.21. The second-order valence-electron chi connectivity index (χ2n) is 8.57. The molecule has 0 aliphatic heterocycles. The first-order chi connectivity index (χ1) is 19.9. The number of hydrogen-bond donors (Lipinski definition) is 0. The van der Waals surface area contributed by atoms with Gasteiger partial charge in [-0.3, -0.25) is 0 Å². The summed E-state index contributed by atoms with van der Waals surface area (Å²) in [6.45, 7) is 8.76. The predicted molar refractivity (Wildman–Crippen MR) is 156 cm³/mol. The first-order valence-electron chi connectivity index (χ1n) is 13.3. The van der Waals surface area contributed by atoms with Crippen LogP contribution in [0.15, 0.2) is 66.7 Å². The maximum Gasteiger partial charge on any atom is 0.343 e. The number of benzene rings is 4. The standard InChI is InChI=1S/C32H31ClO8/c1-5-36-23-14-9-20(10-15-23)31(34)40-27-25-18-13-22(33)19-26(25)28(30(39-8-4)29(27)38-7-3)41-32(35)21-11-16-24(17-12-21)37-6-2/h9-19H,5-8H2,1-4H3. The molecule has 41 heavy (non-hydrogen) atoms. The molecular weight excluding hydrogens is 548 g/mol. The fourth-order valence-corrected chi connectivity index (χ4v) is 4.29. The summed E-state index contributed by atoms with van der Waals surface area (Å²) in [6, 6.07) is 18.1. The van der Waals surface area contributed by atoms with E-state index < -0.39 is 11.9 Å². The Kier molecular flexibility index (Phi) is 9.92. The highest BCUT2D eigenvalue weighted by Gasteiger charge is 2.28. The normalized spacial score (nSPS) is 10.7. The van der Waals surface area contributed by atoms with Crippen molar-refractivity contribution in [2.24, 2.45) is 0 Å². The summed E-state index contributed by atoms with van der Waals surface area (Å²) in [7, 11) is 0. The lowest BCUT2D eigenvalue weighted by molar-refractivity contribution is 0.0712. The molecule has 0 unspecified atom stereocenters. The van der Waals surface area contributed by atoms with Crippen LogP contribution in [0.4, 0.5) is 0 Å². The molecule has 0 bridgehead atoms. The summed E-state index contributed by atoms with van der Waals surface area (Å²) in [5.41, 5.74) is 0.608. The number of carbonyl (C=O) groups is 2. The van der Waals surface area contributed by atoms with Crippen LogP contribution in [0.25, 0.3) is 10.8 Å². The zero-order valence-corrected chi connectivity index (χ0v) is 24.1. The van der Waals surface area contributed by atoms with E-state index >= 15 is 0 Å². The van der Waals surface area contributed by atoms with E-state index in [-0.39, 0.29) is 36.2 Å². The second kappa shape index (κ2) is 13.8. The molecule has 0 amide bonds. The number of ether oxygens (including phenoxy) is 6. The van der Waals surface area contributed by atoms with E-state index in [2.05, 4.69) is 0 Å².